The molecule has 0 amide bonds. The molecule has 146 valence electrons. The zero-order valence-corrected chi connectivity index (χ0v) is 18.5. The Morgan fingerprint density at radius 2 is 1.04 bits per heavy atom. The predicted molar refractivity (Wildman–Crippen MR) is 110 cm³/mol. The average Bonchev–Trinajstić information content (AvgIpc) is 2.58. The summed E-state index contributed by atoms with van der Waals surface area (Å²) in [4.78, 5) is 0. The van der Waals surface area contributed by atoms with Crippen molar-refractivity contribution in [3.8, 4) is 0 Å². The summed E-state index contributed by atoms with van der Waals surface area (Å²) in [6.07, 6.45) is 16.7. The molecule has 0 aliphatic rings. The van der Waals surface area contributed by atoms with Crippen LogP contribution in [0.15, 0.2) is 0 Å². The molecule has 0 unspecified atom stereocenters. The first-order valence-electron chi connectivity index (χ1n) is 10.5. The molecule has 0 aromatic rings. The number of hydrogen-bond donors (Lipinski definition) is 0. The van der Waals surface area contributed by atoms with Crippen LogP contribution in [-0.2, 0) is 8.85 Å². The number of unbranched alkanes of at least 4 members (excludes halogenated alkanes) is 10. The molecule has 0 saturated carbocycles. The van der Waals surface area contributed by atoms with Crippen LogP contribution in [0.3, 0.4) is 0 Å². The highest BCUT2D eigenvalue weighted by Gasteiger charge is 2.30. The third-order valence-electron chi connectivity index (χ3n) is 4.58. The van der Waals surface area contributed by atoms with E-state index in [0.29, 0.717) is 5.88 Å². The Morgan fingerprint density at radius 3 is 1.46 bits per heavy atom. The normalized spacial score (nSPS) is 12.0. The lowest BCUT2D eigenvalue weighted by atomic mass is 10.1. The van der Waals surface area contributed by atoms with Gasteiger partial charge in [-0.3, -0.25) is 0 Å². The quantitative estimate of drug-likeness (QED) is 0.132. The van der Waals surface area contributed by atoms with Crippen LogP contribution in [0.4, 0.5) is 0 Å². The standard InChI is InChI=1S/C20H43ClO2Si/c1-4-6-8-10-12-14-18-22-24(3,20-16-17-21)23-19-15-13-11-9-7-5-2/h4-20H2,1-3H3. The van der Waals surface area contributed by atoms with Crippen molar-refractivity contribution < 1.29 is 8.85 Å². The number of hydrogen-bond acceptors (Lipinski definition) is 2. The van der Waals surface area contributed by atoms with Gasteiger partial charge in [-0.1, -0.05) is 78.1 Å². The molecule has 0 aromatic carbocycles. The lowest BCUT2D eigenvalue weighted by molar-refractivity contribution is 0.166. The van der Waals surface area contributed by atoms with Crippen molar-refractivity contribution in [2.45, 2.75) is 110 Å². The van der Waals surface area contributed by atoms with E-state index in [1.54, 1.807) is 0 Å². The van der Waals surface area contributed by atoms with Crippen LogP contribution in [0, 0.1) is 0 Å². The molecule has 0 aromatic heterocycles. The Labute approximate surface area is 158 Å². The van der Waals surface area contributed by atoms with E-state index >= 15 is 0 Å². The molecule has 0 atom stereocenters. The summed E-state index contributed by atoms with van der Waals surface area (Å²) in [5.74, 6) is 0.712. The lowest BCUT2D eigenvalue weighted by Crippen LogP contribution is -2.39. The van der Waals surface area contributed by atoms with Gasteiger partial charge >= 0.3 is 8.56 Å². The fourth-order valence-corrected chi connectivity index (χ4v) is 5.62. The molecule has 4 heteroatoms. The van der Waals surface area contributed by atoms with Crippen molar-refractivity contribution >= 4 is 20.2 Å². The van der Waals surface area contributed by atoms with Gasteiger partial charge in [0.1, 0.15) is 0 Å². The van der Waals surface area contributed by atoms with Crippen LogP contribution in [0.1, 0.15) is 97.3 Å². The smallest absolute Gasteiger partial charge is 0.334 e. The summed E-state index contributed by atoms with van der Waals surface area (Å²) in [5.41, 5.74) is 0. The Bertz CT molecular complexity index is 234. The van der Waals surface area contributed by atoms with Gasteiger partial charge in [-0.2, -0.15) is 0 Å². The lowest BCUT2D eigenvalue weighted by Gasteiger charge is -2.27. The molecule has 24 heavy (non-hydrogen) atoms. The minimum Gasteiger partial charge on any atom is -0.394 e. The van der Waals surface area contributed by atoms with Gasteiger partial charge in [0, 0.05) is 19.1 Å². The largest absolute Gasteiger partial charge is 0.394 e. The Balaban J connectivity index is 3.81. The zero-order valence-electron chi connectivity index (χ0n) is 16.7. The first-order chi connectivity index (χ1) is 11.7. The van der Waals surface area contributed by atoms with E-state index < -0.39 is 8.56 Å². The van der Waals surface area contributed by atoms with Crippen molar-refractivity contribution in [2.75, 3.05) is 19.1 Å². The number of rotatable bonds is 19. The second kappa shape index (κ2) is 18.2. The monoisotopic (exact) mass is 378 g/mol. The van der Waals surface area contributed by atoms with Crippen LogP contribution < -0.4 is 0 Å². The highest BCUT2D eigenvalue weighted by Crippen LogP contribution is 2.19. The minimum atomic E-state index is -2.01. The number of halogens is 1. The van der Waals surface area contributed by atoms with E-state index in [4.69, 9.17) is 20.5 Å². The second-order valence-corrected chi connectivity index (χ2v) is 10.9. The fraction of sp³-hybridized carbons (Fsp3) is 1.00. The van der Waals surface area contributed by atoms with Gasteiger partial charge in [0.25, 0.3) is 0 Å². The van der Waals surface area contributed by atoms with Gasteiger partial charge < -0.3 is 8.85 Å². The third kappa shape index (κ3) is 15.9. The molecule has 0 heterocycles. The Hall–Kier alpha value is 0.427. The summed E-state index contributed by atoms with van der Waals surface area (Å²) in [7, 11) is -2.01. The molecule has 0 rings (SSSR count). The third-order valence-corrected chi connectivity index (χ3v) is 7.73. The molecule has 0 saturated heterocycles. The molecule has 2 nitrogen and oxygen atoms in total. The summed E-state index contributed by atoms with van der Waals surface area (Å²) in [6.45, 7) is 8.49. The first kappa shape index (κ1) is 24.4. The second-order valence-electron chi connectivity index (χ2n) is 7.16. The van der Waals surface area contributed by atoms with Crippen LogP contribution in [0.5, 0.6) is 0 Å². The summed E-state index contributed by atoms with van der Waals surface area (Å²) in [6, 6.07) is 1.03. The zero-order chi connectivity index (χ0) is 17.9. The molecule has 0 fully saturated rings. The van der Waals surface area contributed by atoms with Crippen LogP contribution in [0.2, 0.25) is 12.6 Å². The maximum atomic E-state index is 6.24. The molecule has 0 spiro atoms. The maximum absolute atomic E-state index is 6.24. The number of alkyl halides is 1. The van der Waals surface area contributed by atoms with Gasteiger partial charge in [0.15, 0.2) is 0 Å². The molecular weight excluding hydrogens is 336 g/mol. The highest BCUT2D eigenvalue weighted by molar-refractivity contribution is 6.66. The fourth-order valence-electron chi connectivity index (χ4n) is 2.91. The van der Waals surface area contributed by atoms with Crippen molar-refractivity contribution in [3.05, 3.63) is 0 Å². The van der Waals surface area contributed by atoms with Gasteiger partial charge in [-0.25, -0.2) is 0 Å². The minimum absolute atomic E-state index is 0.712. The van der Waals surface area contributed by atoms with Crippen molar-refractivity contribution in [3.63, 3.8) is 0 Å². The van der Waals surface area contributed by atoms with Crippen LogP contribution in [0.25, 0.3) is 0 Å². The van der Waals surface area contributed by atoms with Crippen LogP contribution in [-0.4, -0.2) is 27.7 Å². The molecular formula is C20H43ClO2Si. The van der Waals surface area contributed by atoms with E-state index in [1.807, 2.05) is 0 Å². The van der Waals surface area contributed by atoms with Crippen molar-refractivity contribution in [1.29, 1.82) is 0 Å². The van der Waals surface area contributed by atoms with E-state index in [2.05, 4.69) is 20.4 Å². The Kier molecular flexibility index (Phi) is 18.5. The summed E-state index contributed by atoms with van der Waals surface area (Å²) < 4.78 is 12.5. The SMILES string of the molecule is CCCCCCCCO[Si](C)(CCCCl)OCCCCCCCC. The average molecular weight is 379 g/mol. The van der Waals surface area contributed by atoms with E-state index in [9.17, 15) is 0 Å². The van der Waals surface area contributed by atoms with Gasteiger partial charge in [0.05, 0.1) is 0 Å². The molecule has 0 bridgehead atoms. The maximum Gasteiger partial charge on any atom is 0.334 e. The summed E-state index contributed by atoms with van der Waals surface area (Å²) in [5, 5.41) is 0. The van der Waals surface area contributed by atoms with E-state index in [1.165, 1.54) is 77.0 Å². The molecule has 0 radical (unpaired) electrons. The first-order valence-corrected chi connectivity index (χ1v) is 13.6. The predicted octanol–water partition coefficient (Wildman–Crippen LogP) is 7.44. The van der Waals surface area contributed by atoms with E-state index in [0.717, 1.165) is 25.7 Å². The van der Waals surface area contributed by atoms with E-state index in [-0.39, 0.29) is 0 Å². The highest BCUT2D eigenvalue weighted by atomic mass is 35.5. The van der Waals surface area contributed by atoms with Gasteiger partial charge in [0.2, 0.25) is 0 Å². The van der Waals surface area contributed by atoms with Crippen molar-refractivity contribution in [1.82, 2.24) is 0 Å². The summed E-state index contributed by atoms with van der Waals surface area (Å²) >= 11 is 5.88. The molecule has 0 N–H and O–H groups in total. The van der Waals surface area contributed by atoms with Crippen LogP contribution >= 0.6 is 11.6 Å². The van der Waals surface area contributed by atoms with Crippen molar-refractivity contribution in [2.24, 2.45) is 0 Å². The molecule has 0 aliphatic heterocycles. The Morgan fingerprint density at radius 1 is 0.625 bits per heavy atom. The van der Waals surface area contributed by atoms with Gasteiger partial charge in [-0.05, 0) is 31.9 Å². The topological polar surface area (TPSA) is 18.5 Å². The van der Waals surface area contributed by atoms with Gasteiger partial charge in [-0.15, -0.1) is 11.6 Å². The molecule has 0 aliphatic carbocycles.